The average Bonchev–Trinajstić information content (AvgIpc) is 3.01. The molecule has 0 heterocycles. The van der Waals surface area contributed by atoms with Gasteiger partial charge in [0.25, 0.3) is 0 Å². The van der Waals surface area contributed by atoms with Gasteiger partial charge in [-0.25, -0.2) is 0 Å². The van der Waals surface area contributed by atoms with Gasteiger partial charge in [-0.15, -0.1) is 0 Å². The molecule has 1 aromatic carbocycles. The lowest BCUT2D eigenvalue weighted by molar-refractivity contribution is 0.416. The monoisotopic (exact) mass is 259 g/mol. The summed E-state index contributed by atoms with van der Waals surface area (Å²) in [7, 11) is 0. The molecule has 0 amide bonds. The molecule has 0 aromatic heterocycles. The molecule has 1 saturated carbocycles. The van der Waals surface area contributed by atoms with Crippen molar-refractivity contribution in [1.82, 2.24) is 5.32 Å². The van der Waals surface area contributed by atoms with Crippen LogP contribution in [0.15, 0.2) is 24.3 Å². The molecule has 19 heavy (non-hydrogen) atoms. The van der Waals surface area contributed by atoms with Gasteiger partial charge in [0, 0.05) is 6.04 Å². The standard InChI is InChI=1S/C18H29N/c1-5-7-14-8-10-15(11-9-14)17(19-12-6-2)16-13-18(16,3)4/h8-11,16-17,19H,5-7,12-13H2,1-4H3. The fraction of sp³-hybridized carbons (Fsp3) is 0.667. The SMILES string of the molecule is CCCNC(c1ccc(CCC)cc1)C1CC1(C)C. The molecule has 1 N–H and O–H groups in total. The van der Waals surface area contributed by atoms with Crippen molar-refractivity contribution in [3.63, 3.8) is 0 Å². The largest absolute Gasteiger partial charge is 0.310 e. The third-order valence-electron chi connectivity index (χ3n) is 4.48. The van der Waals surface area contributed by atoms with E-state index in [1.807, 2.05) is 0 Å². The van der Waals surface area contributed by atoms with E-state index in [0.717, 1.165) is 12.5 Å². The summed E-state index contributed by atoms with van der Waals surface area (Å²) in [5.41, 5.74) is 3.47. The predicted octanol–water partition coefficient (Wildman–Crippen LogP) is 4.73. The number of hydrogen-bond acceptors (Lipinski definition) is 1. The van der Waals surface area contributed by atoms with E-state index >= 15 is 0 Å². The predicted molar refractivity (Wildman–Crippen MR) is 83.4 cm³/mol. The van der Waals surface area contributed by atoms with Gasteiger partial charge < -0.3 is 5.32 Å². The molecule has 0 spiro atoms. The molecular formula is C18H29N. The van der Waals surface area contributed by atoms with Gasteiger partial charge in [0.1, 0.15) is 0 Å². The Bertz CT molecular complexity index is 391. The molecule has 0 saturated heterocycles. The summed E-state index contributed by atoms with van der Waals surface area (Å²) >= 11 is 0. The van der Waals surface area contributed by atoms with Crippen molar-refractivity contribution in [3.8, 4) is 0 Å². The van der Waals surface area contributed by atoms with E-state index in [-0.39, 0.29) is 0 Å². The number of nitrogens with one attached hydrogen (secondary N) is 1. The van der Waals surface area contributed by atoms with Gasteiger partial charge in [-0.3, -0.25) is 0 Å². The molecule has 2 rings (SSSR count). The van der Waals surface area contributed by atoms with Crippen molar-refractivity contribution in [2.45, 2.75) is 59.4 Å². The maximum atomic E-state index is 3.75. The summed E-state index contributed by atoms with van der Waals surface area (Å²) < 4.78 is 0. The van der Waals surface area contributed by atoms with Gasteiger partial charge in [0.2, 0.25) is 0 Å². The summed E-state index contributed by atoms with van der Waals surface area (Å²) in [5, 5.41) is 3.75. The van der Waals surface area contributed by atoms with Gasteiger partial charge in [-0.05, 0) is 48.3 Å². The Morgan fingerprint density at radius 2 is 1.79 bits per heavy atom. The first-order chi connectivity index (χ1) is 9.08. The highest BCUT2D eigenvalue weighted by molar-refractivity contribution is 5.27. The van der Waals surface area contributed by atoms with Gasteiger partial charge in [-0.2, -0.15) is 0 Å². The number of rotatable bonds is 7. The molecule has 0 radical (unpaired) electrons. The molecule has 0 bridgehead atoms. The van der Waals surface area contributed by atoms with Crippen molar-refractivity contribution in [2.24, 2.45) is 11.3 Å². The van der Waals surface area contributed by atoms with Crippen LogP contribution in [0.2, 0.25) is 0 Å². The third-order valence-corrected chi connectivity index (χ3v) is 4.48. The van der Waals surface area contributed by atoms with Crippen molar-refractivity contribution in [3.05, 3.63) is 35.4 Å². The maximum absolute atomic E-state index is 3.75. The molecule has 1 aromatic rings. The van der Waals surface area contributed by atoms with Crippen molar-refractivity contribution in [2.75, 3.05) is 6.54 Å². The van der Waals surface area contributed by atoms with Gasteiger partial charge >= 0.3 is 0 Å². The molecule has 1 nitrogen and oxygen atoms in total. The number of benzene rings is 1. The zero-order chi connectivity index (χ0) is 13.9. The molecule has 1 heteroatoms. The van der Waals surface area contributed by atoms with E-state index in [4.69, 9.17) is 0 Å². The molecule has 2 unspecified atom stereocenters. The van der Waals surface area contributed by atoms with Crippen LogP contribution >= 0.6 is 0 Å². The smallest absolute Gasteiger partial charge is 0.0353 e. The Kier molecular flexibility index (Phi) is 4.67. The van der Waals surface area contributed by atoms with E-state index < -0.39 is 0 Å². The van der Waals surface area contributed by atoms with E-state index in [1.54, 1.807) is 0 Å². The topological polar surface area (TPSA) is 12.0 Å². The van der Waals surface area contributed by atoms with E-state index in [9.17, 15) is 0 Å². The van der Waals surface area contributed by atoms with Crippen LogP contribution in [0.5, 0.6) is 0 Å². The van der Waals surface area contributed by atoms with Crippen LogP contribution < -0.4 is 5.32 Å². The molecule has 1 aliphatic carbocycles. The van der Waals surface area contributed by atoms with E-state index in [2.05, 4.69) is 57.3 Å². The molecule has 2 atom stereocenters. The fourth-order valence-electron chi connectivity index (χ4n) is 3.05. The second-order valence-corrected chi connectivity index (χ2v) is 6.72. The second kappa shape index (κ2) is 6.09. The summed E-state index contributed by atoms with van der Waals surface area (Å²) in [6, 6.07) is 9.86. The van der Waals surface area contributed by atoms with Crippen LogP contribution in [-0.2, 0) is 6.42 Å². The minimum atomic E-state index is 0.521. The molecule has 1 aliphatic rings. The highest BCUT2D eigenvalue weighted by atomic mass is 14.9. The Morgan fingerprint density at radius 1 is 1.16 bits per heavy atom. The number of hydrogen-bond donors (Lipinski definition) is 1. The lowest BCUT2D eigenvalue weighted by Gasteiger charge is -2.21. The first kappa shape index (κ1) is 14.6. The highest BCUT2D eigenvalue weighted by Gasteiger charge is 2.50. The van der Waals surface area contributed by atoms with Crippen LogP contribution in [0.4, 0.5) is 0 Å². The lowest BCUT2D eigenvalue weighted by atomic mass is 9.95. The van der Waals surface area contributed by atoms with Crippen molar-refractivity contribution >= 4 is 0 Å². The summed E-state index contributed by atoms with van der Waals surface area (Å²) in [6.45, 7) is 10.4. The van der Waals surface area contributed by atoms with E-state index in [0.29, 0.717) is 11.5 Å². The Balaban J connectivity index is 2.09. The minimum absolute atomic E-state index is 0.521. The Labute approximate surface area is 118 Å². The summed E-state index contributed by atoms with van der Waals surface area (Å²) in [6.07, 6.45) is 4.98. The molecular weight excluding hydrogens is 230 g/mol. The van der Waals surface area contributed by atoms with Crippen molar-refractivity contribution < 1.29 is 0 Å². The molecule has 0 aliphatic heterocycles. The van der Waals surface area contributed by atoms with Crippen molar-refractivity contribution in [1.29, 1.82) is 0 Å². The van der Waals surface area contributed by atoms with Crippen LogP contribution in [0.3, 0.4) is 0 Å². The molecule has 1 fully saturated rings. The van der Waals surface area contributed by atoms with E-state index in [1.165, 1.54) is 36.8 Å². The molecule has 106 valence electrons. The Morgan fingerprint density at radius 3 is 2.26 bits per heavy atom. The quantitative estimate of drug-likeness (QED) is 0.746. The number of aryl methyl sites for hydroxylation is 1. The maximum Gasteiger partial charge on any atom is 0.0353 e. The van der Waals surface area contributed by atoms with Crippen LogP contribution in [-0.4, -0.2) is 6.54 Å². The first-order valence-electron chi connectivity index (χ1n) is 7.90. The van der Waals surface area contributed by atoms with Crippen LogP contribution in [0.1, 0.15) is 64.1 Å². The second-order valence-electron chi connectivity index (χ2n) is 6.72. The van der Waals surface area contributed by atoms with Gasteiger partial charge in [-0.1, -0.05) is 58.4 Å². The minimum Gasteiger partial charge on any atom is -0.310 e. The van der Waals surface area contributed by atoms with Gasteiger partial charge in [0.15, 0.2) is 0 Å². The lowest BCUT2D eigenvalue weighted by Crippen LogP contribution is -2.25. The highest BCUT2D eigenvalue weighted by Crippen LogP contribution is 2.57. The van der Waals surface area contributed by atoms with Crippen LogP contribution in [0, 0.1) is 11.3 Å². The average molecular weight is 259 g/mol. The summed E-state index contributed by atoms with van der Waals surface area (Å²) in [4.78, 5) is 0. The zero-order valence-electron chi connectivity index (χ0n) is 13.0. The normalized spacial score (nSPS) is 22.2. The third kappa shape index (κ3) is 3.60. The summed E-state index contributed by atoms with van der Waals surface area (Å²) in [5.74, 6) is 0.802. The van der Waals surface area contributed by atoms with Crippen LogP contribution in [0.25, 0.3) is 0 Å². The first-order valence-corrected chi connectivity index (χ1v) is 7.90. The Hall–Kier alpha value is -0.820. The fourth-order valence-corrected chi connectivity index (χ4v) is 3.05. The zero-order valence-corrected chi connectivity index (χ0v) is 13.0. The van der Waals surface area contributed by atoms with Gasteiger partial charge in [0.05, 0.1) is 0 Å².